The van der Waals surface area contributed by atoms with Gasteiger partial charge in [-0.2, -0.15) is 5.26 Å². The van der Waals surface area contributed by atoms with E-state index < -0.39 is 5.91 Å². The van der Waals surface area contributed by atoms with Crippen molar-refractivity contribution in [3.63, 3.8) is 0 Å². The SMILES string of the molecule is CC(C)OCCCN/C=C(/C#N)C(=O)Nc1ccc(O)cc1. The second-order valence-electron chi connectivity index (χ2n) is 4.90. The number of nitrogens with one attached hydrogen (secondary N) is 2. The van der Waals surface area contributed by atoms with Gasteiger partial charge in [-0.05, 0) is 44.5 Å². The van der Waals surface area contributed by atoms with Crippen molar-refractivity contribution >= 4 is 11.6 Å². The Hall–Kier alpha value is -2.52. The summed E-state index contributed by atoms with van der Waals surface area (Å²) in [7, 11) is 0. The molecule has 0 heterocycles. The molecule has 0 saturated carbocycles. The number of aromatic hydroxyl groups is 1. The number of hydrogen-bond donors (Lipinski definition) is 3. The van der Waals surface area contributed by atoms with Crippen LogP contribution in [0.15, 0.2) is 36.0 Å². The van der Waals surface area contributed by atoms with Crippen LogP contribution in [-0.2, 0) is 9.53 Å². The number of phenolic OH excluding ortho intramolecular Hbond substituents is 1. The number of nitrogens with zero attached hydrogens (tertiary/aromatic N) is 1. The Labute approximate surface area is 130 Å². The van der Waals surface area contributed by atoms with Crippen LogP contribution in [0.25, 0.3) is 0 Å². The molecule has 0 unspecified atom stereocenters. The number of amides is 1. The first kappa shape index (κ1) is 17.5. The van der Waals surface area contributed by atoms with Crippen LogP contribution in [0.4, 0.5) is 5.69 Å². The minimum absolute atomic E-state index is 0.0159. The molecule has 1 rings (SSSR count). The monoisotopic (exact) mass is 303 g/mol. The van der Waals surface area contributed by atoms with Gasteiger partial charge < -0.3 is 20.5 Å². The number of anilines is 1. The second-order valence-corrected chi connectivity index (χ2v) is 4.90. The highest BCUT2D eigenvalue weighted by molar-refractivity contribution is 6.06. The zero-order valence-corrected chi connectivity index (χ0v) is 12.8. The third-order valence-corrected chi connectivity index (χ3v) is 2.65. The Bertz CT molecular complexity index is 545. The van der Waals surface area contributed by atoms with Crippen LogP contribution in [-0.4, -0.2) is 30.3 Å². The van der Waals surface area contributed by atoms with E-state index in [1.165, 1.54) is 18.3 Å². The van der Waals surface area contributed by atoms with Crippen molar-refractivity contribution in [2.24, 2.45) is 0 Å². The molecule has 0 aliphatic carbocycles. The Morgan fingerprint density at radius 3 is 2.68 bits per heavy atom. The Kier molecular flexibility index (Phi) is 7.51. The van der Waals surface area contributed by atoms with E-state index in [0.717, 1.165) is 6.42 Å². The fourth-order valence-corrected chi connectivity index (χ4v) is 1.56. The molecular weight excluding hydrogens is 282 g/mol. The van der Waals surface area contributed by atoms with Gasteiger partial charge in [0.1, 0.15) is 17.4 Å². The summed E-state index contributed by atoms with van der Waals surface area (Å²) in [6, 6.07) is 7.87. The van der Waals surface area contributed by atoms with Crippen LogP contribution in [0.5, 0.6) is 5.75 Å². The quantitative estimate of drug-likeness (QED) is 0.296. The van der Waals surface area contributed by atoms with Gasteiger partial charge in [-0.15, -0.1) is 0 Å². The summed E-state index contributed by atoms with van der Waals surface area (Å²) in [4.78, 5) is 11.9. The van der Waals surface area contributed by atoms with Crippen molar-refractivity contribution in [1.82, 2.24) is 5.32 Å². The molecule has 0 aliphatic heterocycles. The fraction of sp³-hybridized carbons (Fsp3) is 0.375. The zero-order chi connectivity index (χ0) is 16.4. The first-order valence-corrected chi connectivity index (χ1v) is 7.08. The van der Waals surface area contributed by atoms with E-state index in [4.69, 9.17) is 10.00 Å². The lowest BCUT2D eigenvalue weighted by Crippen LogP contribution is -2.18. The minimum Gasteiger partial charge on any atom is -0.508 e. The van der Waals surface area contributed by atoms with E-state index in [1.807, 2.05) is 19.9 Å². The molecule has 0 fully saturated rings. The number of benzene rings is 1. The molecule has 0 bridgehead atoms. The van der Waals surface area contributed by atoms with Crippen LogP contribution in [0, 0.1) is 11.3 Å². The molecule has 6 heteroatoms. The largest absolute Gasteiger partial charge is 0.508 e. The maximum absolute atomic E-state index is 11.9. The van der Waals surface area contributed by atoms with Gasteiger partial charge in [-0.3, -0.25) is 4.79 Å². The van der Waals surface area contributed by atoms with Crippen molar-refractivity contribution in [1.29, 1.82) is 5.26 Å². The smallest absolute Gasteiger partial charge is 0.267 e. The van der Waals surface area contributed by atoms with E-state index in [-0.39, 0.29) is 17.4 Å². The third kappa shape index (κ3) is 6.77. The lowest BCUT2D eigenvalue weighted by molar-refractivity contribution is -0.112. The van der Waals surface area contributed by atoms with Gasteiger partial charge in [-0.1, -0.05) is 0 Å². The zero-order valence-electron chi connectivity index (χ0n) is 12.8. The average Bonchev–Trinajstić information content (AvgIpc) is 2.48. The summed E-state index contributed by atoms with van der Waals surface area (Å²) >= 11 is 0. The summed E-state index contributed by atoms with van der Waals surface area (Å²) in [5, 5.41) is 23.7. The van der Waals surface area contributed by atoms with E-state index in [9.17, 15) is 9.90 Å². The van der Waals surface area contributed by atoms with Gasteiger partial charge in [0, 0.05) is 25.0 Å². The molecule has 3 N–H and O–H groups in total. The number of hydrogen-bond acceptors (Lipinski definition) is 5. The molecule has 0 radical (unpaired) electrons. The van der Waals surface area contributed by atoms with Gasteiger partial charge >= 0.3 is 0 Å². The van der Waals surface area contributed by atoms with Gasteiger partial charge in [0.05, 0.1) is 6.10 Å². The molecule has 0 aliphatic rings. The fourth-order valence-electron chi connectivity index (χ4n) is 1.56. The van der Waals surface area contributed by atoms with Gasteiger partial charge in [0.25, 0.3) is 5.91 Å². The Morgan fingerprint density at radius 1 is 1.41 bits per heavy atom. The molecule has 0 atom stereocenters. The third-order valence-electron chi connectivity index (χ3n) is 2.65. The molecule has 6 nitrogen and oxygen atoms in total. The molecule has 1 aromatic rings. The lowest BCUT2D eigenvalue weighted by atomic mass is 10.2. The highest BCUT2D eigenvalue weighted by Gasteiger charge is 2.08. The predicted molar refractivity (Wildman–Crippen MR) is 84.1 cm³/mol. The van der Waals surface area contributed by atoms with Crippen LogP contribution >= 0.6 is 0 Å². The van der Waals surface area contributed by atoms with Gasteiger partial charge in [0.15, 0.2) is 0 Å². The highest BCUT2D eigenvalue weighted by Crippen LogP contribution is 2.14. The Morgan fingerprint density at radius 2 is 2.09 bits per heavy atom. The summed E-state index contributed by atoms with van der Waals surface area (Å²) in [5.41, 5.74) is 0.493. The second kappa shape index (κ2) is 9.42. The summed E-state index contributed by atoms with van der Waals surface area (Å²) in [6.45, 7) is 5.17. The van der Waals surface area contributed by atoms with Crippen LogP contribution in [0.3, 0.4) is 0 Å². The lowest BCUT2D eigenvalue weighted by Gasteiger charge is -2.07. The van der Waals surface area contributed by atoms with E-state index >= 15 is 0 Å². The number of phenols is 1. The van der Waals surface area contributed by atoms with Gasteiger partial charge in [0.2, 0.25) is 0 Å². The maximum Gasteiger partial charge on any atom is 0.267 e. The van der Waals surface area contributed by atoms with Crippen LogP contribution < -0.4 is 10.6 Å². The topological polar surface area (TPSA) is 94.4 Å². The summed E-state index contributed by atoms with van der Waals surface area (Å²) < 4.78 is 5.39. The molecule has 1 aromatic carbocycles. The van der Waals surface area contributed by atoms with E-state index in [2.05, 4.69) is 10.6 Å². The number of nitriles is 1. The molecule has 0 saturated heterocycles. The average molecular weight is 303 g/mol. The normalized spacial score (nSPS) is 11.1. The molecule has 1 amide bonds. The van der Waals surface area contributed by atoms with Crippen molar-refractivity contribution in [3.8, 4) is 11.8 Å². The van der Waals surface area contributed by atoms with Crippen molar-refractivity contribution in [2.75, 3.05) is 18.5 Å². The minimum atomic E-state index is -0.501. The molecule has 22 heavy (non-hydrogen) atoms. The van der Waals surface area contributed by atoms with Crippen LogP contribution in [0.1, 0.15) is 20.3 Å². The van der Waals surface area contributed by atoms with Crippen molar-refractivity contribution in [3.05, 3.63) is 36.0 Å². The molecular formula is C16H21N3O3. The van der Waals surface area contributed by atoms with Gasteiger partial charge in [-0.25, -0.2) is 0 Å². The first-order valence-electron chi connectivity index (χ1n) is 7.08. The highest BCUT2D eigenvalue weighted by atomic mass is 16.5. The van der Waals surface area contributed by atoms with Crippen molar-refractivity contribution in [2.45, 2.75) is 26.4 Å². The molecule has 0 spiro atoms. The number of carbonyl (C=O) groups excluding carboxylic acids is 1. The predicted octanol–water partition coefficient (Wildman–Crippen LogP) is 2.14. The Balaban J connectivity index is 2.42. The van der Waals surface area contributed by atoms with Crippen molar-refractivity contribution < 1.29 is 14.6 Å². The summed E-state index contributed by atoms with van der Waals surface area (Å²) in [5.74, 6) is -0.390. The number of carbonyl (C=O) groups is 1. The summed E-state index contributed by atoms with van der Waals surface area (Å²) in [6.07, 6.45) is 2.37. The number of rotatable bonds is 8. The molecule has 118 valence electrons. The van der Waals surface area contributed by atoms with E-state index in [0.29, 0.717) is 18.8 Å². The van der Waals surface area contributed by atoms with Crippen LogP contribution in [0.2, 0.25) is 0 Å². The first-order chi connectivity index (χ1) is 10.5. The van der Waals surface area contributed by atoms with E-state index in [1.54, 1.807) is 12.1 Å². The standard InChI is InChI=1S/C16H21N3O3/c1-12(2)22-9-3-8-18-11-13(10-17)16(21)19-14-4-6-15(20)7-5-14/h4-7,11-12,18,20H,3,8-9H2,1-2H3,(H,19,21)/b13-11-. The molecule has 0 aromatic heterocycles. The number of ether oxygens (including phenoxy) is 1. The maximum atomic E-state index is 11.9.